The summed E-state index contributed by atoms with van der Waals surface area (Å²) in [6.45, 7) is 6.34. The van der Waals surface area contributed by atoms with Crippen molar-refractivity contribution in [3.8, 4) is 5.75 Å². The second-order valence-electron chi connectivity index (χ2n) is 11.2. The van der Waals surface area contributed by atoms with Gasteiger partial charge in [0, 0.05) is 42.7 Å². The van der Waals surface area contributed by atoms with Gasteiger partial charge in [0.25, 0.3) is 0 Å². The van der Waals surface area contributed by atoms with Crippen molar-refractivity contribution in [3.63, 3.8) is 0 Å². The van der Waals surface area contributed by atoms with E-state index >= 15 is 0 Å². The van der Waals surface area contributed by atoms with Crippen LogP contribution >= 0.6 is 0 Å². The summed E-state index contributed by atoms with van der Waals surface area (Å²) in [5.74, 6) is 1.73. The van der Waals surface area contributed by atoms with E-state index in [0.29, 0.717) is 18.0 Å². The zero-order chi connectivity index (χ0) is 24.9. The van der Waals surface area contributed by atoms with Gasteiger partial charge in [-0.2, -0.15) is 0 Å². The molecule has 7 heteroatoms. The number of anilines is 1. The number of aliphatic hydroxyl groups excluding tert-OH is 1. The molecule has 35 heavy (non-hydrogen) atoms. The zero-order valence-corrected chi connectivity index (χ0v) is 21.7. The first-order valence-corrected chi connectivity index (χ1v) is 13.5. The molecule has 194 valence electrons. The fourth-order valence-corrected chi connectivity index (χ4v) is 5.46. The smallest absolute Gasteiger partial charge is 0.227 e. The fraction of sp³-hybridized carbons (Fsp3) is 0.714. The van der Waals surface area contributed by atoms with Gasteiger partial charge in [0.05, 0.1) is 19.1 Å². The Morgan fingerprint density at radius 3 is 2.63 bits per heavy atom. The highest BCUT2D eigenvalue weighted by atomic mass is 16.5. The third kappa shape index (κ3) is 6.98. The summed E-state index contributed by atoms with van der Waals surface area (Å²) in [5.41, 5.74) is 1.50. The Labute approximate surface area is 210 Å². The van der Waals surface area contributed by atoms with E-state index in [1.807, 2.05) is 25.1 Å². The zero-order valence-electron chi connectivity index (χ0n) is 21.7. The van der Waals surface area contributed by atoms with Crippen LogP contribution in [0.1, 0.15) is 64.4 Å². The second kappa shape index (κ2) is 11.7. The number of hydrogen-bond donors (Lipinski definition) is 2. The van der Waals surface area contributed by atoms with Crippen LogP contribution in [0.4, 0.5) is 5.69 Å². The Hall–Kier alpha value is -2.12. The summed E-state index contributed by atoms with van der Waals surface area (Å²) >= 11 is 0. The lowest BCUT2D eigenvalue weighted by Crippen LogP contribution is -2.47. The second-order valence-corrected chi connectivity index (χ2v) is 11.2. The van der Waals surface area contributed by atoms with Crippen LogP contribution in [0, 0.1) is 17.8 Å². The lowest BCUT2D eigenvalue weighted by molar-refractivity contribution is -0.134. The average molecular weight is 486 g/mol. The Kier molecular flexibility index (Phi) is 8.71. The van der Waals surface area contributed by atoms with Crippen molar-refractivity contribution in [1.29, 1.82) is 0 Å². The molecule has 0 saturated heterocycles. The van der Waals surface area contributed by atoms with Crippen LogP contribution in [-0.2, 0) is 16.0 Å². The average Bonchev–Trinajstić information content (AvgIpc) is 3.66. The van der Waals surface area contributed by atoms with E-state index < -0.39 is 0 Å². The van der Waals surface area contributed by atoms with Crippen molar-refractivity contribution in [3.05, 3.63) is 23.8 Å². The van der Waals surface area contributed by atoms with E-state index in [-0.39, 0.29) is 48.8 Å². The number of nitrogens with zero attached hydrogens (tertiary/aromatic N) is 2. The van der Waals surface area contributed by atoms with Gasteiger partial charge in [-0.15, -0.1) is 0 Å². The summed E-state index contributed by atoms with van der Waals surface area (Å²) in [5, 5.41) is 12.9. The molecule has 2 fully saturated rings. The van der Waals surface area contributed by atoms with Gasteiger partial charge in [0.2, 0.25) is 11.8 Å². The molecule has 0 bridgehead atoms. The van der Waals surface area contributed by atoms with Gasteiger partial charge in [0.15, 0.2) is 0 Å². The molecular formula is C28H43N3O4. The van der Waals surface area contributed by atoms with Gasteiger partial charge in [-0.25, -0.2) is 0 Å². The van der Waals surface area contributed by atoms with E-state index in [1.165, 1.54) is 19.3 Å². The number of hydrogen-bond acceptors (Lipinski definition) is 5. The van der Waals surface area contributed by atoms with Gasteiger partial charge >= 0.3 is 0 Å². The van der Waals surface area contributed by atoms with Gasteiger partial charge in [-0.1, -0.05) is 26.2 Å². The summed E-state index contributed by atoms with van der Waals surface area (Å²) in [7, 11) is 2.14. The van der Waals surface area contributed by atoms with Crippen molar-refractivity contribution in [2.24, 2.45) is 17.8 Å². The number of likely N-dealkylation sites (N-methyl/N-ethyl adjacent to an activating group) is 1. The van der Waals surface area contributed by atoms with Crippen LogP contribution in [0.5, 0.6) is 5.75 Å². The molecule has 2 amide bonds. The Balaban J connectivity index is 1.56. The molecule has 2 saturated carbocycles. The van der Waals surface area contributed by atoms with E-state index in [1.54, 1.807) is 4.90 Å². The minimum absolute atomic E-state index is 0.0222. The SMILES string of the molecule is C[C@H]1CN([C@@H](C)CO)C(=O)Cc2cc(NC(=O)C3CCCCC3)ccc2O[C@H]1CN(C)CC1CC1. The van der Waals surface area contributed by atoms with E-state index in [4.69, 9.17) is 4.74 Å². The predicted molar refractivity (Wildman–Crippen MR) is 137 cm³/mol. The first kappa shape index (κ1) is 26.0. The molecule has 0 unspecified atom stereocenters. The topological polar surface area (TPSA) is 82.1 Å². The maximum absolute atomic E-state index is 13.4. The van der Waals surface area contributed by atoms with Crippen molar-refractivity contribution in [2.45, 2.75) is 77.4 Å². The van der Waals surface area contributed by atoms with Crippen molar-refractivity contribution >= 4 is 17.5 Å². The molecule has 2 N–H and O–H groups in total. The summed E-state index contributed by atoms with van der Waals surface area (Å²) in [6, 6.07) is 5.44. The van der Waals surface area contributed by atoms with Gasteiger partial charge in [-0.05, 0) is 63.8 Å². The van der Waals surface area contributed by atoms with Gasteiger partial charge in [0.1, 0.15) is 11.9 Å². The van der Waals surface area contributed by atoms with Crippen molar-refractivity contribution < 1.29 is 19.4 Å². The highest BCUT2D eigenvalue weighted by Crippen LogP contribution is 2.32. The van der Waals surface area contributed by atoms with Crippen LogP contribution < -0.4 is 10.1 Å². The van der Waals surface area contributed by atoms with Crippen LogP contribution in [0.15, 0.2) is 18.2 Å². The van der Waals surface area contributed by atoms with Crippen LogP contribution in [0.3, 0.4) is 0 Å². The lowest BCUT2D eigenvalue weighted by Gasteiger charge is -2.34. The molecule has 7 nitrogen and oxygen atoms in total. The minimum Gasteiger partial charge on any atom is -0.488 e. The summed E-state index contributed by atoms with van der Waals surface area (Å²) in [6.07, 6.45) is 8.03. The number of fused-ring (bicyclic) bond motifs is 1. The molecule has 1 aromatic carbocycles. The van der Waals surface area contributed by atoms with Crippen molar-refractivity contribution in [1.82, 2.24) is 9.80 Å². The minimum atomic E-state index is -0.259. The molecule has 3 atom stereocenters. The van der Waals surface area contributed by atoms with Crippen molar-refractivity contribution in [2.75, 3.05) is 38.6 Å². The number of carbonyl (C=O) groups is 2. The van der Waals surface area contributed by atoms with E-state index in [2.05, 4.69) is 24.2 Å². The summed E-state index contributed by atoms with van der Waals surface area (Å²) in [4.78, 5) is 30.3. The number of ether oxygens (including phenoxy) is 1. The van der Waals surface area contributed by atoms with Gasteiger partial charge in [-0.3, -0.25) is 9.59 Å². The molecule has 0 spiro atoms. The van der Waals surface area contributed by atoms with E-state index in [0.717, 1.165) is 50.3 Å². The molecule has 3 aliphatic rings. The number of carbonyl (C=O) groups excluding carboxylic acids is 2. The first-order valence-electron chi connectivity index (χ1n) is 13.5. The molecule has 1 aliphatic heterocycles. The number of amides is 2. The molecule has 2 aliphatic carbocycles. The Bertz CT molecular complexity index is 881. The lowest BCUT2D eigenvalue weighted by atomic mass is 9.88. The fourth-order valence-electron chi connectivity index (χ4n) is 5.46. The Morgan fingerprint density at radius 1 is 1.20 bits per heavy atom. The molecule has 1 heterocycles. The summed E-state index contributed by atoms with van der Waals surface area (Å²) < 4.78 is 6.59. The number of aliphatic hydroxyl groups is 1. The predicted octanol–water partition coefficient (Wildman–Crippen LogP) is 3.70. The van der Waals surface area contributed by atoms with Crippen LogP contribution in [0.25, 0.3) is 0 Å². The number of rotatable bonds is 8. The monoisotopic (exact) mass is 485 g/mol. The largest absolute Gasteiger partial charge is 0.488 e. The molecule has 4 rings (SSSR count). The van der Waals surface area contributed by atoms with Gasteiger partial charge < -0.3 is 25.0 Å². The van der Waals surface area contributed by atoms with E-state index in [9.17, 15) is 14.7 Å². The molecule has 0 aromatic heterocycles. The molecule has 1 aromatic rings. The standard InChI is InChI=1S/C28H43N3O4/c1-19-15-31(20(2)18-32)27(33)14-23-13-24(29-28(34)22-7-5-4-6-8-22)11-12-25(23)35-26(19)17-30(3)16-21-9-10-21/h11-13,19-22,26,32H,4-10,14-18H2,1-3H3,(H,29,34)/t19-,20-,26-/m0/s1. The number of nitrogens with one attached hydrogen (secondary N) is 1. The first-order chi connectivity index (χ1) is 16.8. The third-order valence-corrected chi connectivity index (χ3v) is 7.92. The molecule has 0 radical (unpaired) electrons. The molecular weight excluding hydrogens is 442 g/mol. The Morgan fingerprint density at radius 2 is 1.94 bits per heavy atom. The van der Waals surface area contributed by atoms with Crippen LogP contribution in [0.2, 0.25) is 0 Å². The highest BCUT2D eigenvalue weighted by Gasteiger charge is 2.32. The highest BCUT2D eigenvalue weighted by molar-refractivity contribution is 5.93. The van der Waals surface area contributed by atoms with Crippen LogP contribution in [-0.4, -0.2) is 72.2 Å². The maximum Gasteiger partial charge on any atom is 0.227 e. The maximum atomic E-state index is 13.4. The third-order valence-electron chi connectivity index (χ3n) is 7.92. The normalized spacial score (nSPS) is 24.7. The number of benzene rings is 1. The quantitative estimate of drug-likeness (QED) is 0.587.